The number of rotatable bonds is 14. The highest BCUT2D eigenvalue weighted by molar-refractivity contribution is 5.66. The van der Waals surface area contributed by atoms with Crippen LogP contribution in [0, 0.1) is 5.92 Å². The van der Waals surface area contributed by atoms with E-state index in [1.54, 1.807) is 0 Å². The van der Waals surface area contributed by atoms with Gasteiger partial charge in [0.15, 0.2) is 6.29 Å². The minimum atomic E-state index is -0.843. The number of ether oxygens (including phenoxy) is 3. The largest absolute Gasteiger partial charge is 0.494 e. The summed E-state index contributed by atoms with van der Waals surface area (Å²) in [6.45, 7) is 11.2. The van der Waals surface area contributed by atoms with E-state index in [4.69, 9.17) is 14.2 Å². The van der Waals surface area contributed by atoms with Crippen LogP contribution < -0.4 is 4.74 Å². The maximum atomic E-state index is 9.22. The Morgan fingerprint density at radius 1 is 1.07 bits per heavy atom. The summed E-state index contributed by atoms with van der Waals surface area (Å²) in [6.07, 6.45) is 11.1. The fourth-order valence-electron chi connectivity index (χ4n) is 3.87. The number of unbranched alkanes of at least 4 members (excludes halogenated alkanes) is 3. The lowest BCUT2D eigenvalue weighted by atomic mass is 9.84. The molecule has 0 radical (unpaired) electrons. The number of hydrogen-bond donors (Lipinski definition) is 1. The maximum absolute atomic E-state index is 9.22. The zero-order chi connectivity index (χ0) is 21.8. The van der Waals surface area contributed by atoms with Crippen molar-refractivity contribution in [3.05, 3.63) is 48.6 Å². The minimum absolute atomic E-state index is 0.295. The summed E-state index contributed by atoms with van der Waals surface area (Å²) in [5.74, 6) is 1.56. The first kappa shape index (κ1) is 24.6. The molecule has 4 nitrogen and oxygen atoms in total. The molecule has 1 aromatic rings. The molecule has 2 rings (SSSR count). The Balaban J connectivity index is 1.64. The third-order valence-electron chi connectivity index (χ3n) is 5.62. The molecule has 1 aliphatic rings. The van der Waals surface area contributed by atoms with Crippen molar-refractivity contribution in [3.63, 3.8) is 0 Å². The topological polar surface area (TPSA) is 47.9 Å². The van der Waals surface area contributed by atoms with Crippen LogP contribution in [0.4, 0.5) is 0 Å². The van der Waals surface area contributed by atoms with Gasteiger partial charge in [0, 0.05) is 0 Å². The van der Waals surface area contributed by atoms with E-state index in [0.29, 0.717) is 24.7 Å². The summed E-state index contributed by atoms with van der Waals surface area (Å²) in [5.41, 5.74) is 2.75. The van der Waals surface area contributed by atoms with E-state index in [-0.39, 0.29) is 0 Å². The Morgan fingerprint density at radius 3 is 2.37 bits per heavy atom. The van der Waals surface area contributed by atoms with Crippen molar-refractivity contribution in [2.24, 2.45) is 5.92 Å². The Bertz CT molecular complexity index is 635. The molecule has 0 heterocycles. The van der Waals surface area contributed by atoms with Gasteiger partial charge in [0.2, 0.25) is 0 Å². The van der Waals surface area contributed by atoms with Crippen LogP contribution >= 0.6 is 0 Å². The standard InChI is InChI=1S/C26H40O4/c1-5-26(27)29-19-9-7-6-8-18-28-25-16-14-24(15-17-25)23-12-10-22(11-13-23)21(4)30-20(2)3/h5,12,14-17,20-22,26-27H,1,6-11,13,18-19H2,2-4H3. The van der Waals surface area contributed by atoms with Crippen molar-refractivity contribution in [3.8, 4) is 5.75 Å². The van der Waals surface area contributed by atoms with Crippen molar-refractivity contribution in [1.29, 1.82) is 0 Å². The first-order valence-electron chi connectivity index (χ1n) is 11.5. The monoisotopic (exact) mass is 416 g/mol. The van der Waals surface area contributed by atoms with Gasteiger partial charge in [0.1, 0.15) is 5.75 Å². The van der Waals surface area contributed by atoms with E-state index in [1.165, 1.54) is 23.6 Å². The van der Waals surface area contributed by atoms with Crippen molar-refractivity contribution in [1.82, 2.24) is 0 Å². The molecule has 168 valence electrons. The zero-order valence-corrected chi connectivity index (χ0v) is 19.0. The molecule has 0 spiro atoms. The summed E-state index contributed by atoms with van der Waals surface area (Å²) in [6, 6.07) is 8.52. The summed E-state index contributed by atoms with van der Waals surface area (Å²) >= 11 is 0. The molecule has 0 bridgehead atoms. The van der Waals surface area contributed by atoms with Gasteiger partial charge in [0.25, 0.3) is 0 Å². The lowest BCUT2D eigenvalue weighted by Gasteiger charge is -2.29. The second kappa shape index (κ2) is 13.6. The van der Waals surface area contributed by atoms with Gasteiger partial charge in [-0.15, -0.1) is 0 Å². The Hall–Kier alpha value is -1.62. The molecule has 0 saturated carbocycles. The van der Waals surface area contributed by atoms with Crippen LogP contribution in [0.3, 0.4) is 0 Å². The van der Waals surface area contributed by atoms with Crippen LogP contribution in [0.1, 0.15) is 71.3 Å². The maximum Gasteiger partial charge on any atom is 0.173 e. The van der Waals surface area contributed by atoms with Crippen molar-refractivity contribution >= 4 is 5.57 Å². The predicted molar refractivity (Wildman–Crippen MR) is 124 cm³/mol. The van der Waals surface area contributed by atoms with Crippen LogP contribution in [-0.2, 0) is 9.47 Å². The molecule has 0 amide bonds. The van der Waals surface area contributed by atoms with Crippen LogP contribution in [0.5, 0.6) is 5.75 Å². The SMILES string of the molecule is C=CC(O)OCCCCCCOc1ccc(C2=CCC(C(C)OC(C)C)CC2)cc1. The number of benzene rings is 1. The van der Waals surface area contributed by atoms with E-state index in [0.717, 1.165) is 50.9 Å². The Morgan fingerprint density at radius 2 is 1.77 bits per heavy atom. The summed E-state index contributed by atoms with van der Waals surface area (Å²) in [7, 11) is 0. The van der Waals surface area contributed by atoms with Crippen LogP contribution in [0.15, 0.2) is 43.0 Å². The number of hydrogen-bond acceptors (Lipinski definition) is 4. The number of aliphatic hydroxyl groups is 1. The average Bonchev–Trinajstić information content (AvgIpc) is 2.75. The van der Waals surface area contributed by atoms with E-state index in [9.17, 15) is 5.11 Å². The fraction of sp³-hybridized carbons (Fsp3) is 0.615. The molecule has 4 heteroatoms. The first-order chi connectivity index (χ1) is 14.5. The van der Waals surface area contributed by atoms with Gasteiger partial charge in [-0.25, -0.2) is 0 Å². The molecule has 30 heavy (non-hydrogen) atoms. The highest BCUT2D eigenvalue weighted by Gasteiger charge is 2.22. The zero-order valence-electron chi connectivity index (χ0n) is 19.0. The average molecular weight is 417 g/mol. The summed E-state index contributed by atoms with van der Waals surface area (Å²) < 4.78 is 17.0. The van der Waals surface area contributed by atoms with Crippen LogP contribution in [0.25, 0.3) is 5.57 Å². The normalized spacial score (nSPS) is 18.7. The van der Waals surface area contributed by atoms with Gasteiger partial charge in [-0.1, -0.05) is 31.2 Å². The van der Waals surface area contributed by atoms with Crippen LogP contribution in [0.2, 0.25) is 0 Å². The number of allylic oxidation sites excluding steroid dienone is 2. The molecule has 0 aliphatic heterocycles. The smallest absolute Gasteiger partial charge is 0.173 e. The van der Waals surface area contributed by atoms with E-state index in [2.05, 4.69) is 57.7 Å². The van der Waals surface area contributed by atoms with Crippen molar-refractivity contribution < 1.29 is 19.3 Å². The highest BCUT2D eigenvalue weighted by atomic mass is 16.6. The van der Waals surface area contributed by atoms with Gasteiger partial charge in [-0.05, 0) is 94.6 Å². The quantitative estimate of drug-likeness (QED) is 0.225. The highest BCUT2D eigenvalue weighted by Crippen LogP contribution is 2.33. The molecule has 0 aromatic heterocycles. The molecule has 1 N–H and O–H groups in total. The first-order valence-corrected chi connectivity index (χ1v) is 11.5. The lowest BCUT2D eigenvalue weighted by molar-refractivity contribution is -0.0649. The van der Waals surface area contributed by atoms with Crippen molar-refractivity contribution in [2.75, 3.05) is 13.2 Å². The van der Waals surface area contributed by atoms with Crippen molar-refractivity contribution in [2.45, 2.75) is 84.2 Å². The molecule has 0 saturated heterocycles. The summed E-state index contributed by atoms with van der Waals surface area (Å²) in [4.78, 5) is 0. The fourth-order valence-corrected chi connectivity index (χ4v) is 3.87. The predicted octanol–water partition coefficient (Wildman–Crippen LogP) is 6.14. The van der Waals surface area contributed by atoms with Gasteiger partial charge < -0.3 is 19.3 Å². The second-order valence-corrected chi connectivity index (χ2v) is 8.44. The molecular formula is C26H40O4. The molecule has 1 aromatic carbocycles. The van der Waals surface area contributed by atoms with Gasteiger partial charge in [-0.2, -0.15) is 0 Å². The minimum Gasteiger partial charge on any atom is -0.494 e. The third kappa shape index (κ3) is 9.03. The number of aliphatic hydroxyl groups excluding tert-OH is 1. The lowest BCUT2D eigenvalue weighted by Crippen LogP contribution is -2.25. The summed E-state index contributed by atoms with van der Waals surface area (Å²) in [5, 5.41) is 9.22. The molecular weight excluding hydrogens is 376 g/mol. The van der Waals surface area contributed by atoms with E-state index < -0.39 is 6.29 Å². The molecule has 0 fully saturated rings. The van der Waals surface area contributed by atoms with Gasteiger partial charge in [-0.3, -0.25) is 0 Å². The van der Waals surface area contributed by atoms with E-state index in [1.807, 2.05) is 0 Å². The molecule has 1 aliphatic carbocycles. The van der Waals surface area contributed by atoms with Gasteiger partial charge >= 0.3 is 0 Å². The molecule has 3 atom stereocenters. The second-order valence-electron chi connectivity index (χ2n) is 8.44. The third-order valence-corrected chi connectivity index (χ3v) is 5.62. The Labute approximate surface area is 182 Å². The van der Waals surface area contributed by atoms with Crippen LogP contribution in [-0.4, -0.2) is 36.8 Å². The molecule has 3 unspecified atom stereocenters. The van der Waals surface area contributed by atoms with Gasteiger partial charge in [0.05, 0.1) is 25.4 Å². The Kier molecular flexibility index (Phi) is 11.2. The van der Waals surface area contributed by atoms with E-state index >= 15 is 0 Å².